The van der Waals surface area contributed by atoms with Crippen LogP contribution in [0, 0.1) is 5.92 Å². The predicted molar refractivity (Wildman–Crippen MR) is 83.6 cm³/mol. The quantitative estimate of drug-likeness (QED) is 0.588. The van der Waals surface area contributed by atoms with Crippen LogP contribution in [0.25, 0.3) is 0 Å². The van der Waals surface area contributed by atoms with E-state index in [0.717, 1.165) is 19.1 Å². The Morgan fingerprint density at radius 3 is 2.37 bits per heavy atom. The van der Waals surface area contributed by atoms with Gasteiger partial charge in [0.25, 0.3) is 0 Å². The van der Waals surface area contributed by atoms with E-state index >= 15 is 0 Å². The third kappa shape index (κ3) is 6.27. The molecule has 114 valence electrons. The van der Waals surface area contributed by atoms with Crippen molar-refractivity contribution in [3.63, 3.8) is 0 Å². The van der Waals surface area contributed by atoms with Crippen molar-refractivity contribution in [2.45, 2.75) is 90.7 Å². The number of likely N-dealkylation sites (N-methyl/N-ethyl adjacent to an activating group) is 1. The molecular formula is C17H35NO. The average Bonchev–Trinajstić information content (AvgIpc) is 2.45. The van der Waals surface area contributed by atoms with Gasteiger partial charge in [-0.2, -0.15) is 0 Å². The molecule has 0 bridgehead atoms. The van der Waals surface area contributed by atoms with Crippen LogP contribution in [-0.4, -0.2) is 25.3 Å². The van der Waals surface area contributed by atoms with Gasteiger partial charge in [0.1, 0.15) is 0 Å². The van der Waals surface area contributed by atoms with Crippen molar-refractivity contribution in [2.75, 3.05) is 13.2 Å². The van der Waals surface area contributed by atoms with Gasteiger partial charge in [-0.25, -0.2) is 0 Å². The van der Waals surface area contributed by atoms with Crippen LogP contribution < -0.4 is 5.32 Å². The number of unbranched alkanes of at least 4 members (excludes halogenated alkanes) is 2. The molecule has 1 rings (SSSR count). The van der Waals surface area contributed by atoms with Gasteiger partial charge in [0, 0.05) is 12.6 Å². The van der Waals surface area contributed by atoms with Gasteiger partial charge < -0.3 is 10.1 Å². The maximum Gasteiger partial charge on any atom is 0.0755 e. The van der Waals surface area contributed by atoms with Crippen LogP contribution in [0.15, 0.2) is 0 Å². The fraction of sp³-hybridized carbons (Fsp3) is 1.00. The largest absolute Gasteiger partial charge is 0.377 e. The Bertz CT molecular complexity index is 201. The molecule has 1 saturated carbocycles. The lowest BCUT2D eigenvalue weighted by Gasteiger charge is -2.36. The summed E-state index contributed by atoms with van der Waals surface area (Å²) in [6, 6.07) is 0.569. The van der Waals surface area contributed by atoms with Crippen molar-refractivity contribution in [1.82, 2.24) is 5.32 Å². The van der Waals surface area contributed by atoms with E-state index in [1.807, 2.05) is 0 Å². The Kier molecular flexibility index (Phi) is 9.54. The van der Waals surface area contributed by atoms with Gasteiger partial charge in [0.05, 0.1) is 6.10 Å². The van der Waals surface area contributed by atoms with E-state index in [4.69, 9.17) is 4.74 Å². The molecule has 2 atom stereocenters. The Hall–Kier alpha value is -0.0800. The Balaban J connectivity index is 2.55. The molecule has 0 aromatic carbocycles. The van der Waals surface area contributed by atoms with Crippen molar-refractivity contribution >= 4 is 0 Å². The molecule has 19 heavy (non-hydrogen) atoms. The smallest absolute Gasteiger partial charge is 0.0755 e. The third-order valence-corrected chi connectivity index (χ3v) is 4.46. The first kappa shape index (κ1) is 17.0. The van der Waals surface area contributed by atoms with E-state index in [1.54, 1.807) is 0 Å². The molecule has 1 aliphatic carbocycles. The summed E-state index contributed by atoms with van der Waals surface area (Å²) in [4.78, 5) is 0. The van der Waals surface area contributed by atoms with Crippen LogP contribution in [0.2, 0.25) is 0 Å². The zero-order chi connectivity index (χ0) is 13.9. The van der Waals surface area contributed by atoms with E-state index < -0.39 is 0 Å². The average molecular weight is 269 g/mol. The van der Waals surface area contributed by atoms with E-state index in [9.17, 15) is 0 Å². The van der Waals surface area contributed by atoms with Crippen molar-refractivity contribution in [3.8, 4) is 0 Å². The minimum Gasteiger partial charge on any atom is -0.377 e. The Labute approximate surface area is 120 Å². The molecule has 0 aromatic heterocycles. The molecule has 0 saturated heterocycles. The molecule has 0 radical (unpaired) electrons. The summed E-state index contributed by atoms with van der Waals surface area (Å²) in [6.07, 6.45) is 12.7. The molecule has 0 aromatic rings. The highest BCUT2D eigenvalue weighted by Crippen LogP contribution is 2.30. The first-order valence-corrected chi connectivity index (χ1v) is 8.68. The second kappa shape index (κ2) is 10.7. The molecule has 0 aliphatic heterocycles. The highest BCUT2D eigenvalue weighted by Gasteiger charge is 2.30. The topological polar surface area (TPSA) is 21.3 Å². The van der Waals surface area contributed by atoms with Crippen LogP contribution in [0.3, 0.4) is 0 Å². The number of rotatable bonds is 10. The Morgan fingerprint density at radius 1 is 1.05 bits per heavy atom. The molecule has 1 aliphatic rings. The van der Waals surface area contributed by atoms with E-state index in [-0.39, 0.29) is 0 Å². The zero-order valence-electron chi connectivity index (χ0n) is 13.4. The van der Waals surface area contributed by atoms with Crippen molar-refractivity contribution < 1.29 is 4.74 Å². The second-order valence-electron chi connectivity index (χ2n) is 5.98. The summed E-state index contributed by atoms with van der Waals surface area (Å²) in [5.74, 6) is 0.791. The van der Waals surface area contributed by atoms with Gasteiger partial charge in [-0.05, 0) is 38.6 Å². The summed E-state index contributed by atoms with van der Waals surface area (Å²) < 4.78 is 6.16. The summed E-state index contributed by atoms with van der Waals surface area (Å²) >= 11 is 0. The maximum atomic E-state index is 6.16. The van der Waals surface area contributed by atoms with Crippen LogP contribution in [0.5, 0.6) is 0 Å². The molecule has 0 amide bonds. The number of hydrogen-bond donors (Lipinski definition) is 1. The van der Waals surface area contributed by atoms with Gasteiger partial charge in [-0.3, -0.25) is 0 Å². The SMILES string of the molecule is CCCCCC(NCC)C(OCC)C1CCCCC1. The van der Waals surface area contributed by atoms with Crippen molar-refractivity contribution in [1.29, 1.82) is 0 Å². The second-order valence-corrected chi connectivity index (χ2v) is 5.98. The zero-order valence-corrected chi connectivity index (χ0v) is 13.4. The normalized spacial score (nSPS) is 20.4. The van der Waals surface area contributed by atoms with Crippen LogP contribution in [0.1, 0.15) is 78.6 Å². The van der Waals surface area contributed by atoms with Gasteiger partial charge in [-0.1, -0.05) is 52.4 Å². The first-order chi connectivity index (χ1) is 9.33. The maximum absolute atomic E-state index is 6.16. The fourth-order valence-corrected chi connectivity index (χ4v) is 3.49. The minimum absolute atomic E-state index is 0.446. The van der Waals surface area contributed by atoms with Crippen LogP contribution in [-0.2, 0) is 4.74 Å². The van der Waals surface area contributed by atoms with Crippen molar-refractivity contribution in [3.05, 3.63) is 0 Å². The minimum atomic E-state index is 0.446. The lowest BCUT2D eigenvalue weighted by atomic mass is 9.81. The lowest BCUT2D eigenvalue weighted by Crippen LogP contribution is -2.46. The lowest BCUT2D eigenvalue weighted by molar-refractivity contribution is -0.0195. The number of nitrogens with one attached hydrogen (secondary N) is 1. The van der Waals surface area contributed by atoms with Crippen LogP contribution >= 0.6 is 0 Å². The molecular weight excluding hydrogens is 234 g/mol. The summed E-state index contributed by atoms with van der Waals surface area (Å²) in [5.41, 5.74) is 0. The van der Waals surface area contributed by atoms with E-state index in [0.29, 0.717) is 12.1 Å². The van der Waals surface area contributed by atoms with E-state index in [2.05, 4.69) is 26.1 Å². The van der Waals surface area contributed by atoms with Crippen LogP contribution in [0.4, 0.5) is 0 Å². The van der Waals surface area contributed by atoms with Gasteiger partial charge in [0.2, 0.25) is 0 Å². The molecule has 2 unspecified atom stereocenters. The first-order valence-electron chi connectivity index (χ1n) is 8.68. The predicted octanol–water partition coefficient (Wildman–Crippen LogP) is 4.53. The fourth-order valence-electron chi connectivity index (χ4n) is 3.49. The van der Waals surface area contributed by atoms with Gasteiger partial charge in [-0.15, -0.1) is 0 Å². The number of hydrogen-bond acceptors (Lipinski definition) is 2. The third-order valence-electron chi connectivity index (χ3n) is 4.46. The standard InChI is InChI=1S/C17H35NO/c1-4-7-9-14-16(18-5-2)17(19-6-3)15-12-10-8-11-13-15/h15-18H,4-14H2,1-3H3. The van der Waals surface area contributed by atoms with E-state index in [1.165, 1.54) is 57.8 Å². The van der Waals surface area contributed by atoms with Gasteiger partial charge >= 0.3 is 0 Å². The summed E-state index contributed by atoms with van der Waals surface area (Å²) in [6.45, 7) is 8.56. The Morgan fingerprint density at radius 2 is 1.79 bits per heavy atom. The monoisotopic (exact) mass is 269 g/mol. The highest BCUT2D eigenvalue weighted by molar-refractivity contribution is 4.84. The molecule has 2 nitrogen and oxygen atoms in total. The van der Waals surface area contributed by atoms with Crippen molar-refractivity contribution in [2.24, 2.45) is 5.92 Å². The molecule has 1 N–H and O–H groups in total. The molecule has 0 heterocycles. The molecule has 0 spiro atoms. The van der Waals surface area contributed by atoms with Gasteiger partial charge in [0.15, 0.2) is 0 Å². The summed E-state index contributed by atoms with van der Waals surface area (Å²) in [5, 5.41) is 3.70. The summed E-state index contributed by atoms with van der Waals surface area (Å²) in [7, 11) is 0. The number of ether oxygens (including phenoxy) is 1. The molecule has 1 fully saturated rings. The highest BCUT2D eigenvalue weighted by atomic mass is 16.5. The molecule has 2 heteroatoms.